The number of carboxylic acids is 1. The van der Waals surface area contributed by atoms with Gasteiger partial charge >= 0.3 is 5.97 Å². The fraction of sp³-hybridized carbons (Fsp3) is 0.273. The van der Waals surface area contributed by atoms with Crippen LogP contribution in [0, 0.1) is 0 Å². The van der Waals surface area contributed by atoms with E-state index in [-0.39, 0.29) is 10.5 Å². The van der Waals surface area contributed by atoms with Crippen molar-refractivity contribution in [2.45, 2.75) is 17.4 Å². The molecule has 0 bridgehead atoms. The number of carboxylic acid groups (broad SMARTS) is 1. The lowest BCUT2D eigenvalue weighted by atomic mass is 10.0. The van der Waals surface area contributed by atoms with Crippen LogP contribution in [0.2, 0.25) is 0 Å². The molecule has 1 aromatic rings. The smallest absolute Gasteiger partial charge is 0.305 e. The maximum Gasteiger partial charge on any atom is 0.305 e. The van der Waals surface area contributed by atoms with Crippen molar-refractivity contribution in [1.29, 1.82) is 0 Å². The van der Waals surface area contributed by atoms with Gasteiger partial charge in [0, 0.05) is 12.6 Å². The van der Waals surface area contributed by atoms with Gasteiger partial charge in [-0.15, -0.1) is 0 Å². The van der Waals surface area contributed by atoms with Crippen LogP contribution in [0.4, 0.5) is 0 Å². The molecule has 0 amide bonds. The summed E-state index contributed by atoms with van der Waals surface area (Å²) in [5, 5.41) is 8.75. The first kappa shape index (κ1) is 12.7. The van der Waals surface area contributed by atoms with Gasteiger partial charge < -0.3 is 5.11 Å². The number of likely N-dealkylation sites (N-methyl/N-ethyl adjacent to an activating group) is 1. The predicted molar refractivity (Wildman–Crippen MR) is 61.8 cm³/mol. The number of hydrogen-bond donors (Lipinski definition) is 1. The van der Waals surface area contributed by atoms with E-state index in [2.05, 4.69) is 0 Å². The first-order chi connectivity index (χ1) is 8.35. The highest BCUT2D eigenvalue weighted by Crippen LogP contribution is 2.29. The molecule has 1 aromatic carbocycles. The van der Waals surface area contributed by atoms with E-state index in [1.165, 1.54) is 25.2 Å². The summed E-state index contributed by atoms with van der Waals surface area (Å²) < 4.78 is 25.1. The van der Waals surface area contributed by atoms with Crippen LogP contribution in [0.1, 0.15) is 16.8 Å². The average molecular weight is 269 g/mol. The zero-order valence-corrected chi connectivity index (χ0v) is 10.3. The maximum absolute atomic E-state index is 12.1. The monoisotopic (exact) mass is 269 g/mol. The second-order valence-electron chi connectivity index (χ2n) is 4.00. The third-order valence-corrected chi connectivity index (χ3v) is 4.84. The van der Waals surface area contributed by atoms with Crippen LogP contribution in [0.3, 0.4) is 0 Å². The second kappa shape index (κ2) is 4.18. The fourth-order valence-corrected chi connectivity index (χ4v) is 3.46. The van der Waals surface area contributed by atoms with Crippen molar-refractivity contribution >= 4 is 21.8 Å². The molecular formula is C11H11NO5S. The standard InChI is InChI=1S/C11H11NO5S/c1-12-8(6-10(13)14)11(15)7-4-2-3-5-9(7)18(12,16)17/h2-5,8H,6H2,1H3,(H,13,14). The molecule has 1 atom stereocenters. The zero-order valence-electron chi connectivity index (χ0n) is 9.53. The number of rotatable bonds is 2. The Morgan fingerprint density at radius 3 is 2.61 bits per heavy atom. The Kier molecular flexibility index (Phi) is 2.95. The third kappa shape index (κ3) is 1.81. The van der Waals surface area contributed by atoms with E-state index in [4.69, 9.17) is 5.11 Å². The molecule has 0 aliphatic carbocycles. The summed E-state index contributed by atoms with van der Waals surface area (Å²) in [4.78, 5) is 22.7. The lowest BCUT2D eigenvalue weighted by Crippen LogP contribution is -2.47. The Morgan fingerprint density at radius 2 is 2.00 bits per heavy atom. The number of nitrogens with zero attached hydrogens (tertiary/aromatic N) is 1. The van der Waals surface area contributed by atoms with E-state index in [1.807, 2.05) is 0 Å². The Bertz CT molecular complexity index is 622. The molecule has 96 valence electrons. The molecular weight excluding hydrogens is 258 g/mol. The summed E-state index contributed by atoms with van der Waals surface area (Å²) in [6.45, 7) is 0. The lowest BCUT2D eigenvalue weighted by Gasteiger charge is -2.30. The Morgan fingerprint density at radius 1 is 1.39 bits per heavy atom. The summed E-state index contributed by atoms with van der Waals surface area (Å²) in [7, 11) is -2.58. The Balaban J connectivity index is 2.61. The van der Waals surface area contributed by atoms with E-state index in [1.54, 1.807) is 6.07 Å². The van der Waals surface area contributed by atoms with Crippen LogP contribution in [-0.2, 0) is 14.8 Å². The third-order valence-electron chi connectivity index (χ3n) is 2.92. The molecule has 6 nitrogen and oxygen atoms in total. The zero-order chi connectivity index (χ0) is 13.5. The van der Waals surface area contributed by atoms with Gasteiger partial charge in [0.25, 0.3) is 0 Å². The fourth-order valence-electron chi connectivity index (χ4n) is 1.95. The van der Waals surface area contributed by atoms with Gasteiger partial charge in [-0.2, -0.15) is 4.31 Å². The second-order valence-corrected chi connectivity index (χ2v) is 5.96. The molecule has 1 heterocycles. The van der Waals surface area contributed by atoms with E-state index < -0.39 is 34.2 Å². The molecule has 1 unspecified atom stereocenters. The number of fused-ring (bicyclic) bond motifs is 1. The molecule has 1 aliphatic rings. The van der Waals surface area contributed by atoms with Crippen LogP contribution in [0.25, 0.3) is 0 Å². The minimum absolute atomic E-state index is 0.0573. The lowest BCUT2D eigenvalue weighted by molar-refractivity contribution is -0.137. The van der Waals surface area contributed by atoms with Crippen molar-refractivity contribution in [3.05, 3.63) is 29.8 Å². The molecule has 18 heavy (non-hydrogen) atoms. The van der Waals surface area contributed by atoms with Gasteiger partial charge in [0.2, 0.25) is 10.0 Å². The van der Waals surface area contributed by atoms with Crippen molar-refractivity contribution in [1.82, 2.24) is 4.31 Å². The van der Waals surface area contributed by atoms with Crippen LogP contribution in [-0.4, -0.2) is 42.7 Å². The Hall–Kier alpha value is -1.73. The van der Waals surface area contributed by atoms with Gasteiger partial charge in [0.1, 0.15) is 0 Å². The number of ketones is 1. The summed E-state index contributed by atoms with van der Waals surface area (Å²) in [6, 6.07) is 4.64. The minimum atomic E-state index is -3.80. The molecule has 0 saturated heterocycles. The number of sulfonamides is 1. The van der Waals surface area contributed by atoms with E-state index in [0.29, 0.717) is 0 Å². The highest BCUT2D eigenvalue weighted by Gasteiger charge is 2.42. The SMILES string of the molecule is CN1C(CC(=O)O)C(=O)c2ccccc2S1(=O)=O. The first-order valence-electron chi connectivity index (χ1n) is 5.19. The van der Waals surface area contributed by atoms with Crippen molar-refractivity contribution in [3.8, 4) is 0 Å². The molecule has 7 heteroatoms. The topological polar surface area (TPSA) is 91.8 Å². The molecule has 2 rings (SSSR count). The molecule has 0 saturated carbocycles. The molecule has 0 fully saturated rings. The van der Waals surface area contributed by atoms with Crippen molar-refractivity contribution < 1.29 is 23.1 Å². The number of aliphatic carboxylic acids is 1. The molecule has 0 aromatic heterocycles. The molecule has 0 radical (unpaired) electrons. The largest absolute Gasteiger partial charge is 0.481 e. The summed E-state index contributed by atoms with van der Waals surface area (Å²) in [6.07, 6.45) is -0.539. The van der Waals surface area contributed by atoms with Gasteiger partial charge in [-0.25, -0.2) is 8.42 Å². The van der Waals surface area contributed by atoms with Crippen LogP contribution >= 0.6 is 0 Å². The van der Waals surface area contributed by atoms with Crippen LogP contribution in [0.5, 0.6) is 0 Å². The molecule has 1 N–H and O–H groups in total. The number of carbonyl (C=O) groups is 2. The highest BCUT2D eigenvalue weighted by atomic mass is 32.2. The Labute approximate surface area is 104 Å². The van der Waals surface area contributed by atoms with Gasteiger partial charge in [-0.1, -0.05) is 12.1 Å². The summed E-state index contributed by atoms with van der Waals surface area (Å²) in [5.74, 6) is -1.69. The van der Waals surface area contributed by atoms with Crippen molar-refractivity contribution in [2.24, 2.45) is 0 Å². The number of carbonyl (C=O) groups excluding carboxylic acids is 1. The summed E-state index contributed by atoms with van der Waals surface area (Å²) in [5.41, 5.74) is 0.0573. The van der Waals surface area contributed by atoms with Gasteiger partial charge in [0.05, 0.1) is 17.4 Å². The first-order valence-corrected chi connectivity index (χ1v) is 6.63. The van der Waals surface area contributed by atoms with Crippen molar-refractivity contribution in [3.63, 3.8) is 0 Å². The molecule has 1 aliphatic heterocycles. The number of Topliss-reactive ketones (excluding diaryl/α,β-unsaturated/α-hetero) is 1. The van der Waals surface area contributed by atoms with Gasteiger partial charge in [-0.3, -0.25) is 9.59 Å². The number of benzene rings is 1. The molecule has 0 spiro atoms. The van der Waals surface area contributed by atoms with Gasteiger partial charge in [0.15, 0.2) is 5.78 Å². The van der Waals surface area contributed by atoms with Crippen molar-refractivity contribution in [2.75, 3.05) is 7.05 Å². The highest BCUT2D eigenvalue weighted by molar-refractivity contribution is 7.89. The predicted octanol–water partition coefficient (Wildman–Crippen LogP) is 0.347. The maximum atomic E-state index is 12.1. The normalized spacial score (nSPS) is 22.5. The number of hydrogen-bond acceptors (Lipinski definition) is 4. The van der Waals surface area contributed by atoms with E-state index in [0.717, 1.165) is 4.31 Å². The van der Waals surface area contributed by atoms with Gasteiger partial charge in [-0.05, 0) is 12.1 Å². The minimum Gasteiger partial charge on any atom is -0.481 e. The quantitative estimate of drug-likeness (QED) is 0.836. The van der Waals surface area contributed by atoms with Crippen LogP contribution in [0.15, 0.2) is 29.2 Å². The van der Waals surface area contributed by atoms with E-state index >= 15 is 0 Å². The average Bonchev–Trinajstić information content (AvgIpc) is 2.32. The summed E-state index contributed by atoms with van der Waals surface area (Å²) >= 11 is 0. The van der Waals surface area contributed by atoms with E-state index in [9.17, 15) is 18.0 Å². The van der Waals surface area contributed by atoms with Crippen LogP contribution < -0.4 is 0 Å².